The Labute approximate surface area is 82.1 Å². The Morgan fingerprint density at radius 2 is 2.29 bits per heavy atom. The molecule has 0 atom stereocenters. The van der Waals surface area contributed by atoms with Gasteiger partial charge >= 0.3 is 0 Å². The fourth-order valence-corrected chi connectivity index (χ4v) is 1.52. The summed E-state index contributed by atoms with van der Waals surface area (Å²) in [5.41, 5.74) is 1.06. The Kier molecular flexibility index (Phi) is 2.11. The molecular formula is C11H10N2O. The molecule has 0 saturated carbocycles. The Hall–Kier alpha value is -1.95. The number of hydrogen-bond donors (Lipinski definition) is 0. The monoisotopic (exact) mass is 186 g/mol. The molecule has 1 aromatic heterocycles. The number of ether oxygens (including phenoxy) is 1. The minimum absolute atomic E-state index is 0.385. The second kappa shape index (κ2) is 3.43. The smallest absolute Gasteiger partial charge is 0.119 e. The lowest BCUT2D eigenvalue weighted by molar-refractivity contribution is 0.415. The van der Waals surface area contributed by atoms with Crippen LogP contribution < -0.4 is 4.74 Å². The molecule has 0 amide bonds. The minimum Gasteiger partial charge on any atom is -0.497 e. The van der Waals surface area contributed by atoms with Crippen LogP contribution in [0.4, 0.5) is 0 Å². The molecule has 2 aromatic rings. The normalized spacial score (nSPS) is 10.0. The number of rotatable bonds is 2. The van der Waals surface area contributed by atoms with E-state index in [1.165, 1.54) is 0 Å². The zero-order chi connectivity index (χ0) is 9.97. The summed E-state index contributed by atoms with van der Waals surface area (Å²) in [5.74, 6) is 0.840. The summed E-state index contributed by atoms with van der Waals surface area (Å²) in [4.78, 5) is 0. The van der Waals surface area contributed by atoms with Crippen molar-refractivity contribution < 1.29 is 4.74 Å². The molecule has 3 nitrogen and oxygen atoms in total. The first-order valence-electron chi connectivity index (χ1n) is 4.35. The Bertz CT molecular complexity index is 493. The third-order valence-electron chi connectivity index (χ3n) is 2.22. The topological polar surface area (TPSA) is 38.0 Å². The highest BCUT2D eigenvalue weighted by Crippen LogP contribution is 2.21. The maximum Gasteiger partial charge on any atom is 0.119 e. The Morgan fingerprint density at radius 1 is 1.43 bits per heavy atom. The first-order valence-corrected chi connectivity index (χ1v) is 4.35. The van der Waals surface area contributed by atoms with Gasteiger partial charge in [-0.15, -0.1) is 0 Å². The molecule has 2 rings (SSSR count). The fourth-order valence-electron chi connectivity index (χ4n) is 1.52. The highest BCUT2D eigenvalue weighted by atomic mass is 16.5. The summed E-state index contributed by atoms with van der Waals surface area (Å²) in [7, 11) is 1.65. The number of nitriles is 1. The highest BCUT2D eigenvalue weighted by molar-refractivity contribution is 5.81. The molecule has 0 aliphatic rings. The van der Waals surface area contributed by atoms with E-state index >= 15 is 0 Å². The summed E-state index contributed by atoms with van der Waals surface area (Å²) < 4.78 is 7.03. The number of aromatic nitrogens is 1. The van der Waals surface area contributed by atoms with Crippen LogP contribution in [0.25, 0.3) is 10.9 Å². The van der Waals surface area contributed by atoms with E-state index < -0.39 is 0 Å². The molecule has 0 unspecified atom stereocenters. The molecular weight excluding hydrogens is 176 g/mol. The lowest BCUT2D eigenvalue weighted by Gasteiger charge is -2.01. The zero-order valence-corrected chi connectivity index (χ0v) is 7.90. The molecule has 0 aliphatic heterocycles. The van der Waals surface area contributed by atoms with E-state index in [1.807, 2.05) is 35.0 Å². The fraction of sp³-hybridized carbons (Fsp3) is 0.182. The lowest BCUT2D eigenvalue weighted by Crippen LogP contribution is -1.92. The molecule has 1 heterocycles. The summed E-state index contributed by atoms with van der Waals surface area (Å²) in [5, 5.41) is 9.70. The number of nitrogens with zero attached hydrogens (tertiary/aromatic N) is 2. The predicted molar refractivity (Wildman–Crippen MR) is 54.1 cm³/mol. The summed E-state index contributed by atoms with van der Waals surface area (Å²) in [6.45, 7) is 0.385. The molecule has 3 heteroatoms. The van der Waals surface area contributed by atoms with Crippen molar-refractivity contribution in [3.8, 4) is 11.8 Å². The van der Waals surface area contributed by atoms with Crippen molar-refractivity contribution >= 4 is 10.9 Å². The van der Waals surface area contributed by atoms with E-state index in [0.717, 1.165) is 16.7 Å². The van der Waals surface area contributed by atoms with Gasteiger partial charge in [0.05, 0.1) is 13.2 Å². The quantitative estimate of drug-likeness (QED) is 0.720. The van der Waals surface area contributed by atoms with Crippen LogP contribution in [0.2, 0.25) is 0 Å². The van der Waals surface area contributed by atoms with Crippen molar-refractivity contribution in [2.75, 3.05) is 7.11 Å². The van der Waals surface area contributed by atoms with Gasteiger partial charge in [0.2, 0.25) is 0 Å². The second-order valence-electron chi connectivity index (χ2n) is 3.03. The van der Waals surface area contributed by atoms with Gasteiger partial charge in [-0.2, -0.15) is 5.26 Å². The first kappa shape index (κ1) is 8.64. The van der Waals surface area contributed by atoms with Crippen molar-refractivity contribution in [2.24, 2.45) is 0 Å². The summed E-state index contributed by atoms with van der Waals surface area (Å²) in [6, 6.07) is 9.93. The Balaban J connectivity index is 2.55. The van der Waals surface area contributed by atoms with E-state index in [2.05, 4.69) is 6.07 Å². The van der Waals surface area contributed by atoms with Crippen LogP contribution in [0, 0.1) is 11.3 Å². The highest BCUT2D eigenvalue weighted by Gasteiger charge is 2.01. The van der Waals surface area contributed by atoms with E-state index in [4.69, 9.17) is 10.00 Å². The van der Waals surface area contributed by atoms with Crippen LogP contribution in [0.5, 0.6) is 5.75 Å². The van der Waals surface area contributed by atoms with Gasteiger partial charge in [-0.3, -0.25) is 0 Å². The molecule has 0 aliphatic carbocycles. The van der Waals surface area contributed by atoms with Gasteiger partial charge in [-0.25, -0.2) is 0 Å². The number of fused-ring (bicyclic) bond motifs is 1. The molecule has 14 heavy (non-hydrogen) atoms. The lowest BCUT2D eigenvalue weighted by atomic mass is 10.2. The molecule has 0 saturated heterocycles. The zero-order valence-electron chi connectivity index (χ0n) is 7.90. The molecule has 0 fully saturated rings. The van der Waals surface area contributed by atoms with Gasteiger partial charge in [0.15, 0.2) is 0 Å². The van der Waals surface area contributed by atoms with Crippen LogP contribution >= 0.6 is 0 Å². The van der Waals surface area contributed by atoms with Crippen molar-refractivity contribution in [3.63, 3.8) is 0 Å². The van der Waals surface area contributed by atoms with Gasteiger partial charge in [-0.1, -0.05) is 0 Å². The van der Waals surface area contributed by atoms with Gasteiger partial charge in [0.1, 0.15) is 12.3 Å². The number of methoxy groups -OCH3 is 1. The average molecular weight is 186 g/mol. The van der Waals surface area contributed by atoms with Crippen LogP contribution in [0.15, 0.2) is 30.5 Å². The molecule has 1 aromatic carbocycles. The van der Waals surface area contributed by atoms with Crippen LogP contribution in [-0.2, 0) is 6.54 Å². The van der Waals surface area contributed by atoms with Crippen LogP contribution in [-0.4, -0.2) is 11.7 Å². The number of benzene rings is 1. The van der Waals surface area contributed by atoms with Crippen LogP contribution in [0.1, 0.15) is 0 Å². The van der Waals surface area contributed by atoms with Gasteiger partial charge in [-0.05, 0) is 24.3 Å². The maximum atomic E-state index is 8.60. The Morgan fingerprint density at radius 3 is 3.00 bits per heavy atom. The standard InChI is InChI=1S/C11H10N2O/c1-14-10-2-3-11-9(8-10)4-6-13(11)7-5-12/h2-4,6,8H,7H2,1H3. The van der Waals surface area contributed by atoms with E-state index in [-0.39, 0.29) is 0 Å². The van der Waals surface area contributed by atoms with E-state index in [9.17, 15) is 0 Å². The maximum absolute atomic E-state index is 8.60. The van der Waals surface area contributed by atoms with Gasteiger partial charge < -0.3 is 9.30 Å². The van der Waals surface area contributed by atoms with E-state index in [1.54, 1.807) is 7.11 Å². The molecule has 70 valence electrons. The molecule has 0 bridgehead atoms. The minimum atomic E-state index is 0.385. The van der Waals surface area contributed by atoms with Gasteiger partial charge in [0, 0.05) is 17.1 Å². The largest absolute Gasteiger partial charge is 0.497 e. The van der Waals surface area contributed by atoms with Crippen molar-refractivity contribution in [1.29, 1.82) is 5.26 Å². The van der Waals surface area contributed by atoms with Crippen molar-refractivity contribution in [3.05, 3.63) is 30.5 Å². The number of hydrogen-bond acceptors (Lipinski definition) is 2. The van der Waals surface area contributed by atoms with Crippen molar-refractivity contribution in [1.82, 2.24) is 4.57 Å². The predicted octanol–water partition coefficient (Wildman–Crippen LogP) is 2.17. The van der Waals surface area contributed by atoms with Gasteiger partial charge in [0.25, 0.3) is 0 Å². The SMILES string of the molecule is COc1ccc2c(ccn2CC#N)c1. The molecule has 0 radical (unpaired) electrons. The average Bonchev–Trinajstić information content (AvgIpc) is 2.61. The van der Waals surface area contributed by atoms with E-state index in [0.29, 0.717) is 6.54 Å². The molecule has 0 spiro atoms. The first-order chi connectivity index (χ1) is 6.85. The van der Waals surface area contributed by atoms with Crippen LogP contribution in [0.3, 0.4) is 0 Å². The summed E-state index contributed by atoms with van der Waals surface area (Å²) >= 11 is 0. The van der Waals surface area contributed by atoms with Crippen molar-refractivity contribution in [2.45, 2.75) is 6.54 Å². The third kappa shape index (κ3) is 1.31. The third-order valence-corrected chi connectivity index (χ3v) is 2.22. The summed E-state index contributed by atoms with van der Waals surface area (Å²) in [6.07, 6.45) is 1.91. The molecule has 0 N–H and O–H groups in total. The second-order valence-corrected chi connectivity index (χ2v) is 3.03.